The number of unbranched alkanes of at least 4 members (excludes halogenated alkanes) is 1. The van der Waals surface area contributed by atoms with Crippen molar-refractivity contribution in [2.45, 2.75) is 95.1 Å². The molecule has 0 rings (SSSR count). The molecule has 0 aromatic rings. The van der Waals surface area contributed by atoms with E-state index >= 15 is 0 Å². The predicted octanol–water partition coefficient (Wildman–Crippen LogP) is 5.50. The van der Waals surface area contributed by atoms with Gasteiger partial charge in [-0.3, -0.25) is 9.11 Å². The summed E-state index contributed by atoms with van der Waals surface area (Å²) in [6.07, 6.45) is 12.8. The first-order chi connectivity index (χ1) is 10.5. The summed E-state index contributed by atoms with van der Waals surface area (Å²) in [5, 5.41) is 0. The maximum Gasteiger partial charge on any atom is 0.394 e. The van der Waals surface area contributed by atoms with Crippen LogP contribution in [0.2, 0.25) is 2.66 Å². The monoisotopic (exact) mass is 360 g/mol. The fourth-order valence-corrected chi connectivity index (χ4v) is 3.34. The van der Waals surface area contributed by atoms with Crippen molar-refractivity contribution in [3.05, 3.63) is 0 Å². The standard InChI is InChI=1S/C17H35.Na.H2O4S/c1-6-10-13-16(7-2)14-11-12-15(5)17(8-3)9-4;;1-5(2,3)4/h15-16H,6-14H2,1-5H3;;(H2,1,2,3,4). The molecule has 4 nitrogen and oxygen atoms in total. The summed E-state index contributed by atoms with van der Waals surface area (Å²) in [5.41, 5.74) is 0. The van der Waals surface area contributed by atoms with Crippen LogP contribution >= 0.6 is 0 Å². The number of hydrogen-bond acceptors (Lipinski definition) is 2. The van der Waals surface area contributed by atoms with E-state index in [1.165, 1.54) is 85.7 Å². The summed E-state index contributed by atoms with van der Waals surface area (Å²) < 4.78 is 32.3. The smallest absolute Gasteiger partial charge is 0.264 e. The maximum absolute atomic E-state index is 8.74. The van der Waals surface area contributed by atoms with Crippen molar-refractivity contribution in [2.24, 2.45) is 11.8 Å². The number of rotatable bonds is 11. The Bertz CT molecular complexity index is 359. The molecule has 6 heteroatoms. The SMILES string of the molecule is CCCCC(CC)CCCC(C)[C]([Na])(CC)CC.O=S(=O)(O)O. The van der Waals surface area contributed by atoms with Crippen LogP contribution < -0.4 is 0 Å². The van der Waals surface area contributed by atoms with Crippen molar-refractivity contribution >= 4 is 38.3 Å². The molecule has 2 N–H and O–H groups in total. The van der Waals surface area contributed by atoms with Crippen molar-refractivity contribution in [3.8, 4) is 0 Å². The van der Waals surface area contributed by atoms with E-state index in [-0.39, 0.29) is 0 Å². The van der Waals surface area contributed by atoms with Crippen molar-refractivity contribution in [1.29, 1.82) is 0 Å². The van der Waals surface area contributed by atoms with Gasteiger partial charge in [-0.1, -0.05) is 0 Å². The van der Waals surface area contributed by atoms with Crippen LogP contribution in [0, 0.1) is 11.8 Å². The topological polar surface area (TPSA) is 74.6 Å². The van der Waals surface area contributed by atoms with Crippen LogP contribution in [0.4, 0.5) is 0 Å². The Hall–Kier alpha value is 0.870. The van der Waals surface area contributed by atoms with Gasteiger partial charge in [0.15, 0.2) is 0 Å². The van der Waals surface area contributed by atoms with Crippen LogP contribution in [0.1, 0.15) is 92.4 Å². The molecule has 0 aliphatic rings. The average molecular weight is 361 g/mol. The van der Waals surface area contributed by atoms with Crippen molar-refractivity contribution < 1.29 is 17.5 Å². The zero-order valence-corrected chi connectivity index (χ0v) is 19.0. The molecule has 0 fully saturated rings. The van der Waals surface area contributed by atoms with Crippen LogP contribution in [0.25, 0.3) is 0 Å². The minimum absolute atomic E-state index is 0.713. The Kier molecular flexibility index (Phi) is 16.0. The van der Waals surface area contributed by atoms with E-state index in [0.717, 1.165) is 11.8 Å². The van der Waals surface area contributed by atoms with Crippen molar-refractivity contribution in [1.82, 2.24) is 0 Å². The fourth-order valence-electron chi connectivity index (χ4n) is 3.05. The second-order valence-corrected chi connectivity index (χ2v) is 9.94. The molecule has 0 heterocycles. The third-order valence-electron chi connectivity index (χ3n) is 5.60. The molecule has 0 spiro atoms. The van der Waals surface area contributed by atoms with Gasteiger partial charge in [0, 0.05) is 0 Å². The van der Waals surface area contributed by atoms with E-state index in [9.17, 15) is 0 Å². The molecular weight excluding hydrogens is 323 g/mol. The van der Waals surface area contributed by atoms with Crippen molar-refractivity contribution in [3.63, 3.8) is 0 Å². The van der Waals surface area contributed by atoms with Gasteiger partial charge in [-0.25, -0.2) is 0 Å². The van der Waals surface area contributed by atoms with Gasteiger partial charge < -0.3 is 0 Å². The van der Waals surface area contributed by atoms with E-state index in [1.54, 1.807) is 0 Å². The van der Waals surface area contributed by atoms with Gasteiger partial charge in [-0.05, 0) is 0 Å². The second-order valence-electron chi connectivity index (χ2n) is 7.06. The molecule has 136 valence electrons. The molecule has 0 saturated heterocycles. The Labute approximate surface area is 162 Å². The third kappa shape index (κ3) is 16.1. The van der Waals surface area contributed by atoms with E-state index in [4.69, 9.17) is 17.5 Å². The molecule has 0 saturated carbocycles. The Morgan fingerprint density at radius 1 is 0.957 bits per heavy atom. The first-order valence-corrected chi connectivity index (χ1v) is 11.6. The zero-order chi connectivity index (χ0) is 18.5. The minimum Gasteiger partial charge on any atom is -0.264 e. The van der Waals surface area contributed by atoms with Crippen molar-refractivity contribution in [2.75, 3.05) is 0 Å². The van der Waals surface area contributed by atoms with Gasteiger partial charge in [0.25, 0.3) is 0 Å². The zero-order valence-electron chi connectivity index (χ0n) is 16.1. The molecule has 0 amide bonds. The van der Waals surface area contributed by atoms with Crippen LogP contribution in [0.5, 0.6) is 0 Å². The molecule has 23 heavy (non-hydrogen) atoms. The molecule has 2 atom stereocenters. The molecule has 0 aromatic heterocycles. The summed E-state index contributed by atoms with van der Waals surface area (Å²) in [6.45, 7) is 12.0. The predicted molar refractivity (Wildman–Crippen MR) is 99.5 cm³/mol. The largest absolute Gasteiger partial charge is 0.394 e. The van der Waals surface area contributed by atoms with E-state index in [2.05, 4.69) is 34.6 Å². The molecule has 0 aromatic carbocycles. The normalized spacial score (nSPS) is 14.8. The minimum atomic E-state index is -4.67. The van der Waals surface area contributed by atoms with Gasteiger partial charge in [-0.15, -0.1) is 0 Å². The van der Waals surface area contributed by atoms with Gasteiger partial charge in [0.2, 0.25) is 0 Å². The quantitative estimate of drug-likeness (QED) is 0.377. The van der Waals surface area contributed by atoms with Crippen LogP contribution in [-0.2, 0) is 10.4 Å². The maximum atomic E-state index is 8.74. The Morgan fingerprint density at radius 3 is 1.74 bits per heavy atom. The first kappa shape index (κ1) is 26.1. The molecular formula is C17H37NaO4S. The Balaban J connectivity index is 0. The van der Waals surface area contributed by atoms with Gasteiger partial charge in [0.1, 0.15) is 0 Å². The second kappa shape index (κ2) is 14.1. The van der Waals surface area contributed by atoms with Crippen LogP contribution in [-0.4, -0.2) is 45.5 Å². The molecule has 0 radical (unpaired) electrons. The molecule has 0 bridgehead atoms. The summed E-state index contributed by atoms with van der Waals surface area (Å²) in [4.78, 5) is 0. The Morgan fingerprint density at radius 2 is 1.39 bits per heavy atom. The third-order valence-corrected chi connectivity index (χ3v) is 8.00. The summed E-state index contributed by atoms with van der Waals surface area (Å²) in [5.74, 6) is 1.95. The first-order valence-electron chi connectivity index (χ1n) is 9.23. The van der Waals surface area contributed by atoms with Crippen LogP contribution in [0.15, 0.2) is 0 Å². The fraction of sp³-hybridized carbons (Fsp3) is 1.00. The molecule has 0 aliphatic heterocycles. The summed E-state index contributed by atoms with van der Waals surface area (Å²) in [6, 6.07) is 0. The van der Waals surface area contributed by atoms with Gasteiger partial charge in [-0.2, -0.15) is 8.42 Å². The van der Waals surface area contributed by atoms with Gasteiger partial charge in [0.05, 0.1) is 0 Å². The van der Waals surface area contributed by atoms with Crippen LogP contribution in [0.3, 0.4) is 0 Å². The molecule has 0 aliphatic carbocycles. The number of hydrogen-bond donors (Lipinski definition) is 2. The van der Waals surface area contributed by atoms with E-state index < -0.39 is 10.4 Å². The molecule has 2 unspecified atom stereocenters. The summed E-state index contributed by atoms with van der Waals surface area (Å²) in [7, 11) is -4.67. The van der Waals surface area contributed by atoms with E-state index in [0.29, 0.717) is 2.66 Å². The van der Waals surface area contributed by atoms with E-state index in [1.807, 2.05) is 0 Å². The average Bonchev–Trinajstić information content (AvgIpc) is 2.47. The summed E-state index contributed by atoms with van der Waals surface area (Å²) >= 11 is 1.37. The van der Waals surface area contributed by atoms with Gasteiger partial charge >= 0.3 is 145 Å².